The van der Waals surface area contributed by atoms with Crippen LogP contribution in [-0.4, -0.2) is 83.9 Å². The fourth-order valence-electron chi connectivity index (χ4n) is 17.1. The van der Waals surface area contributed by atoms with Crippen LogP contribution >= 0.6 is 0 Å². The molecule has 622 valence electrons. The first kappa shape index (κ1) is 78.7. The summed E-state index contributed by atoms with van der Waals surface area (Å²) < 4.78 is 56.3. The molecule has 23 rings (SSSR count). The number of rotatable bonds is 18. The standard InChI is InChI=1S/C112H68F3N17/c113-112(114,115)91-57-56-84(131-92-58-51-80(108-123-99(71-35-15-3-16-36-71)117-100(124-108)72-37-17-4-18-38-72)64-87(92)88-65-81(52-59-93(88)131)109-125-101(73-39-19-5-20-40-73)118-102(126-109)74-41-21-6-22-42-74)68-85(91)86-63-79(107-121-97(69-31-11-1-12-32-69)116-98(122-107)70-33-13-2-14-34-70)53-60-94(86)132-95-61-54-82(110-127-103(75-43-23-7-24-44-75)119-104(128-110)76-45-25-8-26-46-76)66-89(95)90-67-83(55-62-96(90)132)111-129-105(77-47-27-9-28-48-77)120-106(130-111)78-49-29-10-30-50-78/h1-68H. The molecule has 0 unspecified atom stereocenters. The quantitative estimate of drug-likeness (QED) is 0.0784. The highest BCUT2D eigenvalue weighted by atomic mass is 19.4. The second-order valence-electron chi connectivity index (χ2n) is 31.7. The molecule has 7 heterocycles. The number of fused-ring (bicyclic) bond motifs is 6. The van der Waals surface area contributed by atoms with Crippen molar-refractivity contribution in [3.05, 3.63) is 418 Å². The zero-order valence-corrected chi connectivity index (χ0v) is 70.0. The molecule has 0 atom stereocenters. The van der Waals surface area contributed by atoms with Crippen LogP contribution in [0.3, 0.4) is 0 Å². The largest absolute Gasteiger partial charge is 0.417 e. The maximum absolute atomic E-state index is 17.4. The predicted molar refractivity (Wildman–Crippen MR) is 514 cm³/mol. The Morgan fingerprint density at radius 3 is 0.561 bits per heavy atom. The Bertz CT molecular complexity index is 7680. The molecule has 0 aliphatic rings. The SMILES string of the molecule is FC(F)(F)c1ccc(-n2c3ccc(-c4nc(-c5ccccc5)nc(-c5ccccc5)n4)cc3c3cc(-c4nc(-c5ccccc5)nc(-c5ccccc5)n4)ccc32)cc1-c1cc(-c2nc(-c3ccccc3)nc(-c3ccccc3)n2)ccc1-n1c2ccc(-c3nc(-c4ccccc4)nc(-c4ccccc4)n3)cc2c2cc(-c3nc(-c4ccccc4)nc(-c4ccccc4)n3)ccc21. The average Bonchev–Trinajstić information content (AvgIpc) is 1.60. The first-order valence-corrected chi connectivity index (χ1v) is 42.9. The molecular weight excluding hydrogens is 1640 g/mol. The van der Waals surface area contributed by atoms with Crippen LogP contribution in [-0.2, 0) is 6.18 Å². The van der Waals surface area contributed by atoms with Crippen molar-refractivity contribution in [2.45, 2.75) is 6.18 Å². The van der Waals surface area contributed by atoms with E-state index >= 15 is 13.2 Å². The van der Waals surface area contributed by atoms with E-state index in [0.29, 0.717) is 175 Å². The monoisotopic (exact) mass is 1710 g/mol. The maximum Gasteiger partial charge on any atom is 0.417 e. The van der Waals surface area contributed by atoms with Crippen molar-refractivity contribution in [2.75, 3.05) is 0 Å². The normalized spacial score (nSPS) is 11.6. The van der Waals surface area contributed by atoms with E-state index in [0.717, 1.165) is 44.5 Å². The minimum absolute atomic E-state index is 0.165. The Hall–Kier alpha value is -18.0. The van der Waals surface area contributed by atoms with Crippen molar-refractivity contribution in [1.29, 1.82) is 0 Å². The number of hydrogen-bond donors (Lipinski definition) is 0. The maximum atomic E-state index is 17.4. The Labute approximate surface area is 753 Å². The van der Waals surface area contributed by atoms with Gasteiger partial charge in [0.05, 0.1) is 33.3 Å². The van der Waals surface area contributed by atoms with Gasteiger partial charge < -0.3 is 9.13 Å². The zero-order chi connectivity index (χ0) is 88.2. The highest BCUT2D eigenvalue weighted by Crippen LogP contribution is 2.48. The van der Waals surface area contributed by atoms with Gasteiger partial charge in [0.2, 0.25) is 0 Å². The van der Waals surface area contributed by atoms with Crippen LogP contribution in [0.2, 0.25) is 0 Å². The molecule has 7 aromatic heterocycles. The lowest BCUT2D eigenvalue weighted by atomic mass is 9.94. The molecule has 132 heavy (non-hydrogen) atoms. The van der Waals surface area contributed by atoms with Gasteiger partial charge in [-0.2, -0.15) is 13.2 Å². The second kappa shape index (κ2) is 33.4. The summed E-state index contributed by atoms with van der Waals surface area (Å²) in [4.78, 5) is 77.5. The molecule has 0 radical (unpaired) electrons. The molecule has 0 spiro atoms. The smallest absolute Gasteiger partial charge is 0.309 e. The third-order valence-corrected chi connectivity index (χ3v) is 23.4. The molecule has 0 fully saturated rings. The number of alkyl halides is 3. The summed E-state index contributed by atoms with van der Waals surface area (Å²) in [5, 5.41) is 2.83. The fraction of sp³-hybridized carbons (Fsp3) is 0.00893. The van der Waals surface area contributed by atoms with E-state index in [1.54, 1.807) is 18.2 Å². The van der Waals surface area contributed by atoms with Crippen LogP contribution in [0.1, 0.15) is 5.56 Å². The van der Waals surface area contributed by atoms with Gasteiger partial charge >= 0.3 is 6.18 Å². The van der Waals surface area contributed by atoms with Crippen LogP contribution in [0, 0.1) is 0 Å². The number of halogens is 3. The number of benzene rings is 16. The lowest BCUT2D eigenvalue weighted by Crippen LogP contribution is -2.10. The van der Waals surface area contributed by atoms with Crippen LogP contribution in [0.4, 0.5) is 13.2 Å². The molecule has 0 amide bonds. The molecule has 0 bridgehead atoms. The van der Waals surface area contributed by atoms with Crippen molar-refractivity contribution in [3.8, 4) is 193 Å². The van der Waals surface area contributed by atoms with E-state index in [-0.39, 0.29) is 17.0 Å². The number of hydrogen-bond acceptors (Lipinski definition) is 15. The minimum Gasteiger partial charge on any atom is -0.309 e. The molecule has 23 aromatic rings. The number of nitrogens with zero attached hydrogens (tertiary/aromatic N) is 17. The summed E-state index contributed by atoms with van der Waals surface area (Å²) >= 11 is 0. The van der Waals surface area contributed by atoms with Gasteiger partial charge in [0.15, 0.2) is 87.4 Å². The summed E-state index contributed by atoms with van der Waals surface area (Å²) in [6, 6.07) is 131. The van der Waals surface area contributed by atoms with Crippen molar-refractivity contribution >= 4 is 43.6 Å². The van der Waals surface area contributed by atoms with E-state index < -0.39 is 11.7 Å². The summed E-state index contributed by atoms with van der Waals surface area (Å²) in [7, 11) is 0. The molecule has 0 aliphatic carbocycles. The summed E-state index contributed by atoms with van der Waals surface area (Å²) in [5.41, 5.74) is 13.1. The van der Waals surface area contributed by atoms with E-state index in [1.165, 1.54) is 6.07 Å². The molecule has 20 heteroatoms. The molecule has 0 N–H and O–H groups in total. The molecular formula is C112H68F3N17. The van der Waals surface area contributed by atoms with Crippen molar-refractivity contribution in [2.24, 2.45) is 0 Å². The van der Waals surface area contributed by atoms with Crippen molar-refractivity contribution < 1.29 is 13.2 Å². The van der Waals surface area contributed by atoms with E-state index in [1.807, 2.05) is 397 Å². The van der Waals surface area contributed by atoms with Crippen LogP contribution in [0.25, 0.3) is 237 Å². The lowest BCUT2D eigenvalue weighted by Gasteiger charge is -2.21. The highest BCUT2D eigenvalue weighted by Gasteiger charge is 2.36. The van der Waals surface area contributed by atoms with Gasteiger partial charge in [-0.3, -0.25) is 0 Å². The Kier molecular flexibility index (Phi) is 19.9. The van der Waals surface area contributed by atoms with Gasteiger partial charge in [-0.15, -0.1) is 0 Å². The highest BCUT2D eigenvalue weighted by molar-refractivity contribution is 6.14. The van der Waals surface area contributed by atoms with Crippen molar-refractivity contribution in [3.63, 3.8) is 0 Å². The molecule has 0 aliphatic heterocycles. The Morgan fingerprint density at radius 2 is 0.348 bits per heavy atom. The van der Waals surface area contributed by atoms with Crippen LogP contribution in [0.15, 0.2) is 413 Å². The van der Waals surface area contributed by atoms with Gasteiger partial charge in [0.1, 0.15) is 0 Å². The molecule has 0 saturated heterocycles. The third kappa shape index (κ3) is 15.1. The number of aromatic nitrogens is 17. The first-order chi connectivity index (χ1) is 65.0. The topological polar surface area (TPSA) is 203 Å². The van der Waals surface area contributed by atoms with Gasteiger partial charge in [-0.05, 0) is 115 Å². The van der Waals surface area contributed by atoms with Crippen LogP contribution < -0.4 is 0 Å². The zero-order valence-electron chi connectivity index (χ0n) is 70.0. The Balaban J connectivity index is 0.788. The van der Waals surface area contributed by atoms with Crippen molar-refractivity contribution in [1.82, 2.24) is 83.9 Å². The summed E-state index contributed by atoms with van der Waals surface area (Å²) in [6.45, 7) is 0. The van der Waals surface area contributed by atoms with Gasteiger partial charge in [-0.25, -0.2) is 74.8 Å². The van der Waals surface area contributed by atoms with Gasteiger partial charge in [0, 0.05) is 116 Å². The minimum atomic E-state index is -4.97. The Morgan fingerprint density at radius 1 is 0.159 bits per heavy atom. The molecule has 0 saturated carbocycles. The lowest BCUT2D eigenvalue weighted by molar-refractivity contribution is -0.137. The van der Waals surface area contributed by atoms with E-state index in [9.17, 15) is 0 Å². The fourth-order valence-corrected chi connectivity index (χ4v) is 17.1. The summed E-state index contributed by atoms with van der Waals surface area (Å²) in [6.07, 6.45) is -4.97. The second-order valence-corrected chi connectivity index (χ2v) is 31.7. The third-order valence-electron chi connectivity index (χ3n) is 23.4. The van der Waals surface area contributed by atoms with Gasteiger partial charge in [-0.1, -0.05) is 303 Å². The summed E-state index contributed by atoms with van der Waals surface area (Å²) in [5.74, 6) is 6.18. The molecule has 16 aromatic carbocycles. The van der Waals surface area contributed by atoms with E-state index in [2.05, 4.69) is 0 Å². The van der Waals surface area contributed by atoms with Crippen LogP contribution in [0.5, 0.6) is 0 Å². The van der Waals surface area contributed by atoms with E-state index in [4.69, 9.17) is 74.8 Å². The average molecular weight is 1710 g/mol. The predicted octanol–water partition coefficient (Wildman–Crippen LogP) is 26.5. The molecule has 17 nitrogen and oxygen atoms in total. The first-order valence-electron chi connectivity index (χ1n) is 42.9. The van der Waals surface area contributed by atoms with Gasteiger partial charge in [0.25, 0.3) is 0 Å².